The van der Waals surface area contributed by atoms with E-state index in [-0.39, 0.29) is 12.2 Å². The van der Waals surface area contributed by atoms with Crippen LogP contribution in [0.5, 0.6) is 5.75 Å². The molecule has 0 fully saturated rings. The lowest BCUT2D eigenvalue weighted by atomic mass is 10.1. The molecule has 0 saturated carbocycles. The number of ether oxygens (including phenoxy) is 1. The van der Waals surface area contributed by atoms with E-state index in [1.807, 2.05) is 26.8 Å². The Balaban J connectivity index is 2.90. The summed E-state index contributed by atoms with van der Waals surface area (Å²) in [7, 11) is 0. The summed E-state index contributed by atoms with van der Waals surface area (Å²) in [5.74, 6) is -0.0315. The molecule has 18 heavy (non-hydrogen) atoms. The molecule has 0 amide bonds. The fraction of sp³-hybridized carbons (Fsp3) is 0.500. The molecule has 0 spiro atoms. The van der Waals surface area contributed by atoms with Gasteiger partial charge in [0.2, 0.25) is 0 Å². The highest BCUT2D eigenvalue weighted by atomic mass is 17.2. The Morgan fingerprint density at radius 3 is 2.33 bits per heavy atom. The quantitative estimate of drug-likeness (QED) is 0.596. The van der Waals surface area contributed by atoms with Crippen LogP contribution in [-0.2, 0) is 9.78 Å². The zero-order valence-electron chi connectivity index (χ0n) is 11.5. The van der Waals surface area contributed by atoms with E-state index >= 15 is 0 Å². The SMILES string of the molecule is Cc1ccc(OC(C)C)c(C(=O)OOC(C)C)c1. The highest BCUT2D eigenvalue weighted by Gasteiger charge is 2.17. The van der Waals surface area contributed by atoms with Crippen LogP contribution in [0, 0.1) is 6.92 Å². The molecule has 1 rings (SSSR count). The molecule has 0 atom stereocenters. The Morgan fingerprint density at radius 2 is 1.78 bits per heavy atom. The number of carbonyl (C=O) groups excluding carboxylic acids is 1. The molecule has 0 aliphatic carbocycles. The van der Waals surface area contributed by atoms with Gasteiger partial charge >= 0.3 is 5.97 Å². The van der Waals surface area contributed by atoms with Crippen LogP contribution in [0.2, 0.25) is 0 Å². The molecule has 1 aromatic rings. The minimum Gasteiger partial charge on any atom is -0.490 e. The highest BCUT2D eigenvalue weighted by Crippen LogP contribution is 2.22. The molecule has 0 N–H and O–H groups in total. The minimum atomic E-state index is -0.539. The number of rotatable bonds is 5. The summed E-state index contributed by atoms with van der Waals surface area (Å²) in [6, 6.07) is 5.38. The summed E-state index contributed by atoms with van der Waals surface area (Å²) < 4.78 is 5.57. The van der Waals surface area contributed by atoms with Crippen molar-refractivity contribution in [2.24, 2.45) is 0 Å². The summed E-state index contributed by atoms with van der Waals surface area (Å²) in [4.78, 5) is 21.5. The average Bonchev–Trinajstić information content (AvgIpc) is 2.27. The van der Waals surface area contributed by atoms with Gasteiger partial charge in [0.05, 0.1) is 12.2 Å². The van der Waals surface area contributed by atoms with E-state index in [4.69, 9.17) is 14.5 Å². The second kappa shape index (κ2) is 6.40. The van der Waals surface area contributed by atoms with Crippen LogP contribution in [-0.4, -0.2) is 18.2 Å². The maximum Gasteiger partial charge on any atom is 0.376 e. The van der Waals surface area contributed by atoms with Crippen LogP contribution < -0.4 is 4.74 Å². The van der Waals surface area contributed by atoms with E-state index < -0.39 is 5.97 Å². The van der Waals surface area contributed by atoms with Gasteiger partial charge in [-0.2, -0.15) is 4.89 Å². The predicted octanol–water partition coefficient (Wildman–Crippen LogP) is 3.28. The van der Waals surface area contributed by atoms with Gasteiger partial charge in [0.1, 0.15) is 11.3 Å². The maximum absolute atomic E-state index is 11.9. The molecule has 0 aliphatic rings. The third-order valence-corrected chi connectivity index (χ3v) is 2.03. The van der Waals surface area contributed by atoms with Crippen molar-refractivity contribution < 1.29 is 19.3 Å². The Hall–Kier alpha value is -1.55. The Kier molecular flexibility index (Phi) is 5.16. The first kappa shape index (κ1) is 14.5. The summed E-state index contributed by atoms with van der Waals surface area (Å²) in [5, 5.41) is 0. The normalized spacial score (nSPS) is 10.8. The second-order valence-electron chi connectivity index (χ2n) is 4.68. The molecule has 4 nitrogen and oxygen atoms in total. The number of hydrogen-bond donors (Lipinski definition) is 0. The third kappa shape index (κ3) is 4.37. The Morgan fingerprint density at radius 1 is 1.11 bits per heavy atom. The van der Waals surface area contributed by atoms with Gasteiger partial charge in [0.25, 0.3) is 0 Å². The summed E-state index contributed by atoms with van der Waals surface area (Å²) in [6.07, 6.45) is -0.182. The second-order valence-corrected chi connectivity index (χ2v) is 4.68. The molecule has 1 aromatic carbocycles. The van der Waals surface area contributed by atoms with Gasteiger partial charge in [-0.15, -0.1) is 0 Å². The van der Waals surface area contributed by atoms with Crippen LogP contribution in [0.25, 0.3) is 0 Å². The molecule has 0 aromatic heterocycles. The van der Waals surface area contributed by atoms with E-state index in [0.717, 1.165) is 5.56 Å². The minimum absolute atomic E-state index is 0.00901. The van der Waals surface area contributed by atoms with Gasteiger partial charge in [0.15, 0.2) is 0 Å². The number of aryl methyl sites for hydroxylation is 1. The highest BCUT2D eigenvalue weighted by molar-refractivity contribution is 5.92. The molecule has 0 radical (unpaired) electrons. The molecule has 100 valence electrons. The predicted molar refractivity (Wildman–Crippen MR) is 68.6 cm³/mol. The first-order chi connectivity index (χ1) is 8.40. The number of benzene rings is 1. The van der Waals surface area contributed by atoms with Crippen LogP contribution in [0.3, 0.4) is 0 Å². The van der Waals surface area contributed by atoms with Crippen LogP contribution in [0.1, 0.15) is 43.6 Å². The molecule has 0 bridgehead atoms. The van der Waals surface area contributed by atoms with Crippen molar-refractivity contribution in [3.8, 4) is 5.75 Å². The van der Waals surface area contributed by atoms with Crippen molar-refractivity contribution in [2.75, 3.05) is 0 Å². The number of carbonyl (C=O) groups is 1. The smallest absolute Gasteiger partial charge is 0.376 e. The molecular formula is C14H20O4. The van der Waals surface area contributed by atoms with E-state index in [1.165, 1.54) is 0 Å². The summed E-state index contributed by atoms with van der Waals surface area (Å²) in [5.41, 5.74) is 1.34. The van der Waals surface area contributed by atoms with Crippen molar-refractivity contribution in [2.45, 2.75) is 46.8 Å². The van der Waals surface area contributed by atoms with Gasteiger partial charge in [-0.05, 0) is 52.3 Å². The van der Waals surface area contributed by atoms with Crippen molar-refractivity contribution in [1.82, 2.24) is 0 Å². The van der Waals surface area contributed by atoms with Gasteiger partial charge in [-0.25, -0.2) is 4.79 Å². The lowest BCUT2D eigenvalue weighted by Gasteiger charge is -2.14. The average molecular weight is 252 g/mol. The van der Waals surface area contributed by atoms with Gasteiger partial charge in [0, 0.05) is 0 Å². The summed E-state index contributed by atoms with van der Waals surface area (Å²) in [6.45, 7) is 9.28. The van der Waals surface area contributed by atoms with E-state index in [0.29, 0.717) is 11.3 Å². The first-order valence-electron chi connectivity index (χ1n) is 6.05. The molecule has 0 saturated heterocycles. The Labute approximate surface area is 108 Å². The van der Waals surface area contributed by atoms with Gasteiger partial charge < -0.3 is 4.74 Å². The standard InChI is InChI=1S/C14H20O4/c1-9(2)16-13-7-6-11(5)8-12(13)14(15)18-17-10(3)4/h6-10H,1-5H3. The van der Waals surface area contributed by atoms with Crippen LogP contribution in [0.15, 0.2) is 18.2 Å². The molecule has 0 heterocycles. The fourth-order valence-corrected chi connectivity index (χ4v) is 1.34. The zero-order valence-corrected chi connectivity index (χ0v) is 11.5. The monoisotopic (exact) mass is 252 g/mol. The summed E-state index contributed by atoms with van der Waals surface area (Å²) >= 11 is 0. The van der Waals surface area contributed by atoms with Crippen molar-refractivity contribution in [3.05, 3.63) is 29.3 Å². The van der Waals surface area contributed by atoms with Crippen molar-refractivity contribution in [1.29, 1.82) is 0 Å². The third-order valence-electron chi connectivity index (χ3n) is 2.03. The zero-order chi connectivity index (χ0) is 13.7. The maximum atomic E-state index is 11.9. The van der Waals surface area contributed by atoms with Gasteiger partial charge in [-0.3, -0.25) is 4.89 Å². The van der Waals surface area contributed by atoms with E-state index in [1.54, 1.807) is 26.0 Å². The first-order valence-corrected chi connectivity index (χ1v) is 6.05. The molecule has 4 heteroatoms. The molecule has 0 aliphatic heterocycles. The van der Waals surface area contributed by atoms with Crippen molar-refractivity contribution >= 4 is 5.97 Å². The van der Waals surface area contributed by atoms with Crippen LogP contribution in [0.4, 0.5) is 0 Å². The lowest BCUT2D eigenvalue weighted by Crippen LogP contribution is -2.14. The van der Waals surface area contributed by atoms with E-state index in [2.05, 4.69) is 0 Å². The fourth-order valence-electron chi connectivity index (χ4n) is 1.34. The molecular weight excluding hydrogens is 232 g/mol. The Bertz CT molecular complexity index is 410. The number of hydrogen-bond acceptors (Lipinski definition) is 4. The van der Waals surface area contributed by atoms with E-state index in [9.17, 15) is 4.79 Å². The van der Waals surface area contributed by atoms with Crippen molar-refractivity contribution in [3.63, 3.8) is 0 Å². The lowest BCUT2D eigenvalue weighted by molar-refractivity contribution is -0.265. The van der Waals surface area contributed by atoms with Crippen LogP contribution >= 0.6 is 0 Å². The molecule has 0 unspecified atom stereocenters. The largest absolute Gasteiger partial charge is 0.490 e. The van der Waals surface area contributed by atoms with Gasteiger partial charge in [-0.1, -0.05) is 6.07 Å². The topological polar surface area (TPSA) is 44.8 Å².